The predicted octanol–water partition coefficient (Wildman–Crippen LogP) is 4.47. The van der Waals surface area contributed by atoms with Crippen molar-refractivity contribution in [3.05, 3.63) is 10.4 Å². The molecule has 1 heterocycles. The van der Waals surface area contributed by atoms with Crippen LogP contribution in [0.25, 0.3) is 10.4 Å². The average molecular weight is 330 g/mol. The lowest BCUT2D eigenvalue weighted by Crippen LogP contribution is -2.50. The molecule has 0 radical (unpaired) electrons. The van der Waals surface area contributed by atoms with Crippen LogP contribution in [0.15, 0.2) is 5.11 Å². The number of nitrogens with zero attached hydrogens (tertiary/aromatic N) is 3. The molecule has 1 fully saturated rings. The first-order chi connectivity index (χ1) is 9.89. The highest BCUT2D eigenvalue weighted by atomic mass is 28.4. The summed E-state index contributed by atoms with van der Waals surface area (Å²) in [6.45, 7) is 17.9. The molecule has 0 bridgehead atoms. The smallest absolute Gasteiger partial charge is 0.192 e. The van der Waals surface area contributed by atoms with Crippen molar-refractivity contribution in [2.75, 3.05) is 13.2 Å². The first-order valence-corrected chi connectivity index (χ1v) is 10.8. The molecule has 1 saturated heterocycles. The first kappa shape index (κ1) is 19.5. The highest BCUT2D eigenvalue weighted by molar-refractivity contribution is 6.74. The molecule has 0 unspecified atom stereocenters. The van der Waals surface area contributed by atoms with E-state index < -0.39 is 14.1 Å². The van der Waals surface area contributed by atoms with Gasteiger partial charge in [0.15, 0.2) is 14.1 Å². The van der Waals surface area contributed by atoms with Crippen molar-refractivity contribution in [1.82, 2.24) is 0 Å². The molecule has 6 nitrogen and oxygen atoms in total. The van der Waals surface area contributed by atoms with Crippen molar-refractivity contribution in [2.24, 2.45) is 11.0 Å². The molecule has 1 aliphatic rings. The minimum absolute atomic E-state index is 0.0764. The van der Waals surface area contributed by atoms with Crippen LogP contribution in [0, 0.1) is 5.92 Å². The summed E-state index contributed by atoms with van der Waals surface area (Å²) >= 11 is 0. The third-order valence-electron chi connectivity index (χ3n) is 4.63. The number of rotatable bonds is 6. The quantitative estimate of drug-likeness (QED) is 0.312. The van der Waals surface area contributed by atoms with Crippen molar-refractivity contribution in [1.29, 1.82) is 0 Å². The van der Waals surface area contributed by atoms with Crippen LogP contribution in [0.1, 0.15) is 41.5 Å². The molecule has 0 amide bonds. The van der Waals surface area contributed by atoms with Crippen LogP contribution < -0.4 is 0 Å². The molecule has 7 heteroatoms. The predicted molar refractivity (Wildman–Crippen MR) is 90.2 cm³/mol. The summed E-state index contributed by atoms with van der Waals surface area (Å²) < 4.78 is 18.3. The lowest BCUT2D eigenvalue weighted by atomic mass is 10.0. The summed E-state index contributed by atoms with van der Waals surface area (Å²) in [4.78, 5) is 2.87. The van der Waals surface area contributed by atoms with E-state index in [-0.39, 0.29) is 23.2 Å². The van der Waals surface area contributed by atoms with Gasteiger partial charge in [0.1, 0.15) is 6.10 Å². The second-order valence-corrected chi connectivity index (χ2v) is 12.9. The number of hydrogen-bond donors (Lipinski definition) is 0. The molecule has 0 aromatic heterocycles. The molecule has 0 saturated carbocycles. The molecule has 0 aromatic rings. The fourth-order valence-electron chi connectivity index (χ4n) is 2.22. The SMILES string of the molecule is C[C@@H](CN=[N+]=[N-])[C@H](O[Si](C)(C)C(C)(C)C)[C@H]1COC(C)(C)O1. The lowest BCUT2D eigenvalue weighted by Gasteiger charge is -2.42. The van der Waals surface area contributed by atoms with Crippen LogP contribution in [-0.2, 0) is 13.9 Å². The fourth-order valence-corrected chi connectivity index (χ4v) is 3.64. The topological polar surface area (TPSA) is 76.5 Å². The van der Waals surface area contributed by atoms with Crippen LogP contribution in [-0.4, -0.2) is 39.5 Å². The van der Waals surface area contributed by atoms with Gasteiger partial charge in [0.2, 0.25) is 0 Å². The van der Waals surface area contributed by atoms with E-state index >= 15 is 0 Å². The van der Waals surface area contributed by atoms with Gasteiger partial charge < -0.3 is 13.9 Å². The Kier molecular flexibility index (Phi) is 6.09. The summed E-state index contributed by atoms with van der Waals surface area (Å²) in [5.41, 5.74) is 8.58. The molecule has 1 aliphatic heterocycles. The van der Waals surface area contributed by atoms with Crippen LogP contribution in [0.4, 0.5) is 0 Å². The van der Waals surface area contributed by atoms with E-state index in [4.69, 9.17) is 19.4 Å². The Bertz CT molecular complexity index is 428. The normalized spacial score (nSPS) is 24.6. The largest absolute Gasteiger partial charge is 0.411 e. The molecule has 3 atom stereocenters. The van der Waals surface area contributed by atoms with Gasteiger partial charge in [-0.2, -0.15) is 0 Å². The van der Waals surface area contributed by atoms with E-state index in [9.17, 15) is 0 Å². The van der Waals surface area contributed by atoms with Crippen molar-refractivity contribution in [3.63, 3.8) is 0 Å². The fraction of sp³-hybridized carbons (Fsp3) is 1.00. The maximum atomic E-state index is 8.58. The van der Waals surface area contributed by atoms with Crippen LogP contribution in [0.3, 0.4) is 0 Å². The second-order valence-electron chi connectivity index (χ2n) is 8.10. The third kappa shape index (κ3) is 4.96. The van der Waals surface area contributed by atoms with Gasteiger partial charge in [0.05, 0.1) is 12.7 Å². The summed E-state index contributed by atoms with van der Waals surface area (Å²) in [6.07, 6.45) is -0.263. The Morgan fingerprint density at radius 2 is 2.00 bits per heavy atom. The van der Waals surface area contributed by atoms with E-state index in [1.54, 1.807) is 0 Å². The van der Waals surface area contributed by atoms with Gasteiger partial charge in [-0.15, -0.1) is 0 Å². The van der Waals surface area contributed by atoms with Crippen molar-refractivity contribution in [2.45, 2.75) is 77.7 Å². The second kappa shape index (κ2) is 6.89. The van der Waals surface area contributed by atoms with Crippen LogP contribution in [0.5, 0.6) is 0 Å². The number of azide groups is 1. The van der Waals surface area contributed by atoms with Gasteiger partial charge in [-0.25, -0.2) is 0 Å². The van der Waals surface area contributed by atoms with Crippen LogP contribution in [0.2, 0.25) is 18.1 Å². The summed E-state index contributed by atoms with van der Waals surface area (Å²) in [5, 5.41) is 3.82. The minimum atomic E-state index is -1.95. The molecule has 1 rings (SSSR count). The molecule has 0 spiro atoms. The monoisotopic (exact) mass is 329 g/mol. The van der Waals surface area contributed by atoms with E-state index in [1.165, 1.54) is 0 Å². The molecule has 0 aliphatic carbocycles. The Morgan fingerprint density at radius 3 is 2.41 bits per heavy atom. The maximum Gasteiger partial charge on any atom is 0.192 e. The molecule has 128 valence electrons. The highest BCUT2D eigenvalue weighted by Crippen LogP contribution is 2.40. The van der Waals surface area contributed by atoms with Crippen LogP contribution >= 0.6 is 0 Å². The van der Waals surface area contributed by atoms with Gasteiger partial charge in [-0.05, 0) is 43.4 Å². The zero-order valence-corrected chi connectivity index (χ0v) is 16.2. The third-order valence-corrected chi connectivity index (χ3v) is 9.10. The number of ether oxygens (including phenoxy) is 2. The zero-order valence-electron chi connectivity index (χ0n) is 15.2. The maximum absolute atomic E-state index is 8.58. The van der Waals surface area contributed by atoms with Gasteiger partial charge in [-0.1, -0.05) is 32.8 Å². The van der Waals surface area contributed by atoms with Gasteiger partial charge in [0.25, 0.3) is 0 Å². The molecule has 0 N–H and O–H groups in total. The van der Waals surface area contributed by atoms with Gasteiger partial charge >= 0.3 is 0 Å². The van der Waals surface area contributed by atoms with E-state index in [0.29, 0.717) is 13.2 Å². The van der Waals surface area contributed by atoms with Crippen molar-refractivity contribution < 1.29 is 13.9 Å². The first-order valence-electron chi connectivity index (χ1n) is 7.90. The summed E-state index contributed by atoms with van der Waals surface area (Å²) in [7, 11) is -1.95. The highest BCUT2D eigenvalue weighted by Gasteiger charge is 2.45. The van der Waals surface area contributed by atoms with E-state index in [0.717, 1.165) is 0 Å². The number of hydrogen-bond acceptors (Lipinski definition) is 4. The average Bonchev–Trinajstić information content (AvgIpc) is 2.72. The van der Waals surface area contributed by atoms with E-state index in [2.05, 4.69) is 43.9 Å². The minimum Gasteiger partial charge on any atom is -0.411 e. The van der Waals surface area contributed by atoms with Gasteiger partial charge in [-0.3, -0.25) is 0 Å². The summed E-state index contributed by atoms with van der Waals surface area (Å²) in [6, 6.07) is 0. The standard InChI is InChI=1S/C15H31N3O3Si/c1-11(9-17-18-16)13(12-10-19-15(5,6)20-12)21-22(7,8)14(2,3)4/h11-13H,9-10H2,1-8H3/t11-,12+,13-/m0/s1. The Balaban J connectivity index is 2.94. The molecular formula is C15H31N3O3Si. The van der Waals surface area contributed by atoms with Crippen molar-refractivity contribution >= 4 is 8.32 Å². The van der Waals surface area contributed by atoms with Crippen molar-refractivity contribution in [3.8, 4) is 0 Å². The lowest BCUT2D eigenvalue weighted by molar-refractivity contribution is -0.153. The zero-order chi connectivity index (χ0) is 17.2. The Hall–Kier alpha value is -0.593. The van der Waals surface area contributed by atoms with E-state index in [1.807, 2.05) is 20.8 Å². The summed E-state index contributed by atoms with van der Waals surface area (Å²) in [5.74, 6) is -0.509. The molecule has 0 aromatic carbocycles. The van der Waals surface area contributed by atoms with Gasteiger partial charge in [0, 0.05) is 11.5 Å². The molecule has 22 heavy (non-hydrogen) atoms. The Labute approximate surface area is 135 Å². The molecular weight excluding hydrogens is 298 g/mol. The Morgan fingerprint density at radius 1 is 1.41 bits per heavy atom.